The second-order valence-electron chi connectivity index (χ2n) is 8.07. The van der Waals surface area contributed by atoms with Crippen LogP contribution in [0.2, 0.25) is 0 Å². The van der Waals surface area contributed by atoms with Crippen molar-refractivity contribution in [3.05, 3.63) is 53.7 Å². The van der Waals surface area contributed by atoms with Crippen molar-refractivity contribution in [2.75, 3.05) is 13.1 Å². The number of likely N-dealkylation sites (tertiary alicyclic amines) is 1. The van der Waals surface area contributed by atoms with Gasteiger partial charge in [-0.25, -0.2) is 4.98 Å². The van der Waals surface area contributed by atoms with E-state index in [4.69, 9.17) is 0 Å². The molecular formula is C22H26N4O. The zero-order valence-corrected chi connectivity index (χ0v) is 15.8. The molecule has 2 aliphatic rings. The summed E-state index contributed by atoms with van der Waals surface area (Å²) < 4.78 is 2.42. The fourth-order valence-electron chi connectivity index (χ4n) is 4.53. The maximum absolute atomic E-state index is 13.0. The fourth-order valence-corrected chi connectivity index (χ4v) is 4.53. The third-order valence-electron chi connectivity index (χ3n) is 6.08. The third kappa shape index (κ3) is 3.05. The van der Waals surface area contributed by atoms with Crippen LogP contribution in [0.4, 0.5) is 0 Å². The molecule has 0 bridgehead atoms. The molecular weight excluding hydrogens is 336 g/mol. The SMILES string of the molecule is Cc1cnc(C2CC2)n1C1CCCN(C(=O)Cc2c[nH]c3ccccc23)C1. The fraction of sp³-hybridized carbons (Fsp3) is 0.455. The molecule has 5 nitrogen and oxygen atoms in total. The molecule has 2 fully saturated rings. The van der Waals surface area contributed by atoms with Crippen LogP contribution in [0, 0.1) is 6.92 Å². The summed E-state index contributed by atoms with van der Waals surface area (Å²) in [7, 11) is 0. The molecule has 1 saturated heterocycles. The first-order chi connectivity index (χ1) is 13.2. The van der Waals surface area contributed by atoms with Crippen molar-refractivity contribution in [1.29, 1.82) is 0 Å². The van der Waals surface area contributed by atoms with E-state index in [0.717, 1.165) is 42.4 Å². The Morgan fingerprint density at radius 1 is 1.26 bits per heavy atom. The van der Waals surface area contributed by atoms with Gasteiger partial charge in [-0.3, -0.25) is 4.79 Å². The van der Waals surface area contributed by atoms with E-state index in [2.05, 4.69) is 38.5 Å². The van der Waals surface area contributed by atoms with Gasteiger partial charge in [-0.15, -0.1) is 0 Å². The first-order valence-electron chi connectivity index (χ1n) is 10.1. The summed E-state index contributed by atoms with van der Waals surface area (Å²) in [5.41, 5.74) is 3.42. The van der Waals surface area contributed by atoms with E-state index in [9.17, 15) is 4.79 Å². The summed E-state index contributed by atoms with van der Waals surface area (Å²) in [5, 5.41) is 1.15. The van der Waals surface area contributed by atoms with E-state index in [1.165, 1.54) is 24.4 Å². The number of carbonyl (C=O) groups excluding carboxylic acids is 1. The Labute approximate surface area is 159 Å². The van der Waals surface area contributed by atoms with Crippen molar-refractivity contribution in [1.82, 2.24) is 19.4 Å². The molecule has 5 heteroatoms. The van der Waals surface area contributed by atoms with Crippen molar-refractivity contribution < 1.29 is 4.79 Å². The predicted octanol–water partition coefficient (Wildman–Crippen LogP) is 3.96. The van der Waals surface area contributed by atoms with Crippen LogP contribution in [0.1, 0.15) is 54.7 Å². The minimum Gasteiger partial charge on any atom is -0.361 e. The van der Waals surface area contributed by atoms with Gasteiger partial charge in [0, 0.05) is 48.0 Å². The van der Waals surface area contributed by atoms with Crippen LogP contribution in [-0.2, 0) is 11.2 Å². The lowest BCUT2D eigenvalue weighted by Gasteiger charge is -2.35. The number of hydrogen-bond acceptors (Lipinski definition) is 2. The van der Waals surface area contributed by atoms with Crippen molar-refractivity contribution in [2.24, 2.45) is 0 Å². The first kappa shape index (κ1) is 16.6. The minimum absolute atomic E-state index is 0.232. The van der Waals surface area contributed by atoms with Crippen molar-refractivity contribution >= 4 is 16.8 Å². The maximum Gasteiger partial charge on any atom is 0.227 e. The van der Waals surface area contributed by atoms with E-state index in [0.29, 0.717) is 18.4 Å². The highest BCUT2D eigenvalue weighted by Crippen LogP contribution is 2.41. The van der Waals surface area contributed by atoms with E-state index < -0.39 is 0 Å². The van der Waals surface area contributed by atoms with Gasteiger partial charge in [-0.2, -0.15) is 0 Å². The lowest BCUT2D eigenvalue weighted by Crippen LogP contribution is -2.41. The number of imidazole rings is 1. The quantitative estimate of drug-likeness (QED) is 0.764. The second kappa shape index (κ2) is 6.55. The van der Waals surface area contributed by atoms with Crippen molar-refractivity contribution in [3.8, 4) is 0 Å². The number of aromatic amines is 1. The Kier molecular flexibility index (Phi) is 4.03. The van der Waals surface area contributed by atoms with Gasteiger partial charge in [0.2, 0.25) is 5.91 Å². The van der Waals surface area contributed by atoms with Crippen LogP contribution in [0.3, 0.4) is 0 Å². The molecule has 5 rings (SSSR count). The van der Waals surface area contributed by atoms with Gasteiger partial charge in [0.15, 0.2) is 0 Å². The lowest BCUT2D eigenvalue weighted by atomic mass is 10.0. The van der Waals surface area contributed by atoms with Gasteiger partial charge in [0.1, 0.15) is 5.82 Å². The molecule has 1 aliphatic carbocycles. The number of benzene rings is 1. The van der Waals surface area contributed by atoms with Crippen molar-refractivity contribution in [3.63, 3.8) is 0 Å². The molecule has 0 spiro atoms. The van der Waals surface area contributed by atoms with Crippen LogP contribution >= 0.6 is 0 Å². The second-order valence-corrected chi connectivity index (χ2v) is 8.07. The van der Waals surface area contributed by atoms with Crippen molar-refractivity contribution in [2.45, 2.75) is 51.0 Å². The van der Waals surface area contributed by atoms with Crippen LogP contribution in [0.5, 0.6) is 0 Å². The molecule has 1 unspecified atom stereocenters. The summed E-state index contributed by atoms with van der Waals surface area (Å²) in [5.74, 6) is 2.11. The molecule has 1 N–H and O–H groups in total. The van der Waals surface area contributed by atoms with Gasteiger partial charge in [0.25, 0.3) is 0 Å². The number of hydrogen-bond donors (Lipinski definition) is 1. The average molecular weight is 362 g/mol. The Bertz CT molecular complexity index is 981. The van der Waals surface area contributed by atoms with Crippen LogP contribution in [0.15, 0.2) is 36.7 Å². The summed E-state index contributed by atoms with van der Waals surface area (Å²) in [6, 6.07) is 8.56. The molecule has 1 amide bonds. The standard InChI is InChI=1S/C22H26N4O/c1-15-12-24-22(16-8-9-16)26(15)18-5-4-10-25(14-18)21(27)11-17-13-23-20-7-3-2-6-19(17)20/h2-3,6-7,12-13,16,18,23H,4-5,8-11,14H2,1H3. The number of nitrogens with zero attached hydrogens (tertiary/aromatic N) is 3. The monoisotopic (exact) mass is 362 g/mol. The summed E-state index contributed by atoms with van der Waals surface area (Å²) in [6.07, 6.45) is 9.16. The minimum atomic E-state index is 0.232. The first-order valence-corrected chi connectivity index (χ1v) is 10.1. The number of para-hydroxylation sites is 1. The smallest absolute Gasteiger partial charge is 0.227 e. The normalized spacial score (nSPS) is 20.3. The highest BCUT2D eigenvalue weighted by molar-refractivity contribution is 5.88. The van der Waals surface area contributed by atoms with E-state index in [1.54, 1.807) is 0 Å². The molecule has 140 valence electrons. The number of amides is 1. The Hall–Kier alpha value is -2.56. The van der Waals surface area contributed by atoms with E-state index in [-0.39, 0.29) is 5.91 Å². The zero-order valence-electron chi connectivity index (χ0n) is 15.8. The van der Waals surface area contributed by atoms with Crippen LogP contribution < -0.4 is 0 Å². The lowest BCUT2D eigenvalue weighted by molar-refractivity contribution is -0.132. The number of rotatable bonds is 4. The number of H-pyrrole nitrogens is 1. The zero-order chi connectivity index (χ0) is 18.4. The summed E-state index contributed by atoms with van der Waals surface area (Å²) in [6.45, 7) is 3.81. The highest BCUT2D eigenvalue weighted by atomic mass is 16.2. The van der Waals surface area contributed by atoms with Gasteiger partial charge < -0.3 is 14.5 Å². The van der Waals surface area contributed by atoms with Gasteiger partial charge in [0.05, 0.1) is 12.5 Å². The molecule has 0 radical (unpaired) electrons. The number of carbonyl (C=O) groups is 1. The molecule has 3 heterocycles. The van der Waals surface area contributed by atoms with Crippen LogP contribution in [0.25, 0.3) is 10.9 Å². The number of aryl methyl sites for hydroxylation is 1. The Balaban J connectivity index is 1.34. The van der Waals surface area contributed by atoms with Gasteiger partial charge in [-0.1, -0.05) is 18.2 Å². The highest BCUT2D eigenvalue weighted by Gasteiger charge is 2.33. The number of piperidine rings is 1. The molecule has 1 aliphatic heterocycles. The Morgan fingerprint density at radius 2 is 2.11 bits per heavy atom. The molecule has 1 aromatic carbocycles. The third-order valence-corrected chi connectivity index (χ3v) is 6.08. The molecule has 1 atom stereocenters. The molecule has 1 saturated carbocycles. The number of fused-ring (bicyclic) bond motifs is 1. The van der Waals surface area contributed by atoms with Gasteiger partial charge >= 0.3 is 0 Å². The molecule has 27 heavy (non-hydrogen) atoms. The number of nitrogens with one attached hydrogen (secondary N) is 1. The van der Waals surface area contributed by atoms with Gasteiger partial charge in [-0.05, 0) is 44.2 Å². The molecule has 3 aromatic rings. The summed E-state index contributed by atoms with van der Waals surface area (Å²) in [4.78, 5) is 23.0. The number of aromatic nitrogens is 3. The largest absolute Gasteiger partial charge is 0.361 e. The predicted molar refractivity (Wildman–Crippen MR) is 106 cm³/mol. The molecule has 2 aromatic heterocycles. The average Bonchev–Trinajstić information content (AvgIpc) is 3.36. The summed E-state index contributed by atoms with van der Waals surface area (Å²) >= 11 is 0. The Morgan fingerprint density at radius 3 is 2.96 bits per heavy atom. The van der Waals surface area contributed by atoms with E-state index in [1.807, 2.05) is 24.5 Å². The topological polar surface area (TPSA) is 53.9 Å². The van der Waals surface area contributed by atoms with E-state index >= 15 is 0 Å². The van der Waals surface area contributed by atoms with Crippen LogP contribution in [-0.4, -0.2) is 38.4 Å². The maximum atomic E-state index is 13.0.